The van der Waals surface area contributed by atoms with Gasteiger partial charge in [0.25, 0.3) is 5.91 Å². The van der Waals surface area contributed by atoms with Gasteiger partial charge in [-0.3, -0.25) is 4.79 Å². The van der Waals surface area contributed by atoms with Crippen molar-refractivity contribution < 1.29 is 14.3 Å². The molecule has 6 nitrogen and oxygen atoms in total. The smallest absolute Gasteiger partial charge is 0.255 e. The summed E-state index contributed by atoms with van der Waals surface area (Å²) in [4.78, 5) is 14.3. The zero-order valence-corrected chi connectivity index (χ0v) is 14.5. The number of carbonyl (C=O) groups excluding carboxylic acids is 1. The van der Waals surface area contributed by atoms with Crippen molar-refractivity contribution in [1.82, 2.24) is 15.1 Å². The lowest BCUT2D eigenvalue weighted by Crippen LogP contribution is -2.60. The monoisotopic (exact) mass is 349 g/mol. The standard InChI is InChI=1S/C17H23N3O3S/c21-16(14-1-4-18-19-8-14)20-11-17(12-20)7-15(10-24-17)23-9-13-2-5-22-6-3-13/h1,4,8,13,15H,2-3,5-7,9-12H2/t15-/m1/s1. The highest BCUT2D eigenvalue weighted by Crippen LogP contribution is 2.46. The molecule has 0 unspecified atom stereocenters. The minimum atomic E-state index is 0.0581. The van der Waals surface area contributed by atoms with Crippen molar-refractivity contribution in [3.63, 3.8) is 0 Å². The third-order valence-electron chi connectivity index (χ3n) is 5.16. The van der Waals surface area contributed by atoms with E-state index in [-0.39, 0.29) is 10.7 Å². The van der Waals surface area contributed by atoms with E-state index in [9.17, 15) is 4.79 Å². The second-order valence-electron chi connectivity index (χ2n) is 7.00. The number of rotatable bonds is 4. The van der Waals surface area contributed by atoms with Crippen LogP contribution in [0, 0.1) is 5.92 Å². The van der Waals surface area contributed by atoms with E-state index in [0.717, 1.165) is 57.9 Å². The molecule has 4 rings (SSSR count). The third kappa shape index (κ3) is 3.43. The molecule has 0 saturated carbocycles. The normalized spacial score (nSPS) is 26.5. The van der Waals surface area contributed by atoms with Crippen molar-refractivity contribution in [3.05, 3.63) is 24.0 Å². The summed E-state index contributed by atoms with van der Waals surface area (Å²) in [7, 11) is 0. The highest BCUT2D eigenvalue weighted by atomic mass is 32.2. The molecule has 3 aliphatic rings. The summed E-state index contributed by atoms with van der Waals surface area (Å²) in [5, 5.41) is 7.51. The number of ether oxygens (including phenoxy) is 2. The van der Waals surface area contributed by atoms with Crippen LogP contribution < -0.4 is 0 Å². The van der Waals surface area contributed by atoms with Gasteiger partial charge in [-0.2, -0.15) is 10.2 Å². The molecular weight excluding hydrogens is 326 g/mol. The van der Waals surface area contributed by atoms with E-state index < -0.39 is 0 Å². The fourth-order valence-corrected chi connectivity index (χ4v) is 5.26. The molecule has 0 radical (unpaired) electrons. The van der Waals surface area contributed by atoms with E-state index in [1.165, 1.54) is 6.20 Å². The van der Waals surface area contributed by atoms with Crippen LogP contribution in [0.4, 0.5) is 0 Å². The van der Waals surface area contributed by atoms with E-state index >= 15 is 0 Å². The van der Waals surface area contributed by atoms with Crippen molar-refractivity contribution in [1.29, 1.82) is 0 Å². The zero-order valence-electron chi connectivity index (χ0n) is 13.7. The van der Waals surface area contributed by atoms with Crippen molar-refractivity contribution in [2.24, 2.45) is 5.92 Å². The Labute approximate surface area is 146 Å². The Hall–Kier alpha value is -1.18. The van der Waals surface area contributed by atoms with Crippen LogP contribution in [0.1, 0.15) is 29.6 Å². The molecule has 1 spiro atoms. The molecule has 1 aromatic heterocycles. The van der Waals surface area contributed by atoms with E-state index in [0.29, 0.717) is 17.6 Å². The Morgan fingerprint density at radius 1 is 1.38 bits per heavy atom. The number of aromatic nitrogens is 2. The van der Waals surface area contributed by atoms with E-state index in [1.54, 1.807) is 12.3 Å². The Morgan fingerprint density at radius 2 is 2.21 bits per heavy atom. The van der Waals surface area contributed by atoms with Crippen LogP contribution in [0.3, 0.4) is 0 Å². The minimum Gasteiger partial charge on any atom is -0.381 e. The predicted molar refractivity (Wildman–Crippen MR) is 91.0 cm³/mol. The molecule has 0 aliphatic carbocycles. The third-order valence-corrected chi connectivity index (χ3v) is 6.74. The summed E-state index contributed by atoms with van der Waals surface area (Å²) >= 11 is 1.97. The van der Waals surface area contributed by atoms with Gasteiger partial charge in [-0.25, -0.2) is 0 Å². The van der Waals surface area contributed by atoms with Crippen LogP contribution in [0.15, 0.2) is 18.5 Å². The average Bonchev–Trinajstić information content (AvgIpc) is 3.04. The van der Waals surface area contributed by atoms with Crippen molar-refractivity contribution in [3.8, 4) is 0 Å². The van der Waals surface area contributed by atoms with Gasteiger partial charge in [0.1, 0.15) is 0 Å². The second kappa shape index (κ2) is 6.98. The summed E-state index contributed by atoms with van der Waals surface area (Å²) in [5.74, 6) is 1.75. The van der Waals surface area contributed by atoms with Crippen molar-refractivity contribution >= 4 is 17.7 Å². The van der Waals surface area contributed by atoms with Crippen molar-refractivity contribution in [2.45, 2.75) is 30.1 Å². The van der Waals surface area contributed by atoms with E-state index in [4.69, 9.17) is 9.47 Å². The van der Waals surface area contributed by atoms with E-state index in [2.05, 4.69) is 10.2 Å². The topological polar surface area (TPSA) is 64.6 Å². The maximum Gasteiger partial charge on any atom is 0.255 e. The van der Waals surface area contributed by atoms with Gasteiger partial charge in [0, 0.05) is 38.7 Å². The Balaban J connectivity index is 1.23. The van der Waals surface area contributed by atoms with Gasteiger partial charge in [-0.05, 0) is 31.2 Å². The number of amides is 1. The number of thioether (sulfide) groups is 1. The SMILES string of the molecule is O=C(c1ccnnc1)N1CC2(C[C@@H](OCC3CCOCC3)CS2)C1. The molecule has 3 aliphatic heterocycles. The van der Waals surface area contributed by atoms with Crippen molar-refractivity contribution in [2.75, 3.05) is 38.7 Å². The molecule has 3 fully saturated rings. The van der Waals surface area contributed by atoms with Crippen LogP contribution in [0.5, 0.6) is 0 Å². The molecule has 7 heteroatoms. The van der Waals surface area contributed by atoms with E-state index in [1.807, 2.05) is 16.7 Å². The molecule has 1 atom stereocenters. The van der Waals surface area contributed by atoms with Crippen LogP contribution >= 0.6 is 11.8 Å². The summed E-state index contributed by atoms with van der Waals surface area (Å²) in [6.07, 6.45) is 6.72. The van der Waals surface area contributed by atoms with Gasteiger partial charge in [-0.15, -0.1) is 11.8 Å². The Bertz CT molecular complexity index is 574. The average molecular weight is 349 g/mol. The van der Waals surface area contributed by atoms with Gasteiger partial charge in [0.05, 0.1) is 28.8 Å². The Morgan fingerprint density at radius 3 is 2.96 bits per heavy atom. The molecule has 0 N–H and O–H groups in total. The lowest BCUT2D eigenvalue weighted by atomic mass is 9.92. The number of likely N-dealkylation sites (tertiary alicyclic amines) is 1. The van der Waals surface area contributed by atoms with Gasteiger partial charge >= 0.3 is 0 Å². The fourth-order valence-electron chi connectivity index (χ4n) is 3.71. The first-order valence-corrected chi connectivity index (χ1v) is 9.62. The number of nitrogens with zero attached hydrogens (tertiary/aromatic N) is 3. The second-order valence-corrected chi connectivity index (χ2v) is 8.49. The molecule has 4 heterocycles. The van der Waals surface area contributed by atoms with Gasteiger partial charge in [-0.1, -0.05) is 0 Å². The number of carbonyl (C=O) groups is 1. The maximum atomic E-state index is 12.4. The van der Waals surface area contributed by atoms with Gasteiger partial charge < -0.3 is 14.4 Å². The molecular formula is C17H23N3O3S. The van der Waals surface area contributed by atoms with Gasteiger partial charge in [0.2, 0.25) is 0 Å². The first-order chi connectivity index (χ1) is 11.7. The first kappa shape index (κ1) is 16.3. The largest absolute Gasteiger partial charge is 0.381 e. The summed E-state index contributed by atoms with van der Waals surface area (Å²) in [5.41, 5.74) is 0.621. The molecule has 130 valence electrons. The quantitative estimate of drug-likeness (QED) is 0.823. The molecule has 0 aromatic carbocycles. The molecule has 0 bridgehead atoms. The number of hydrogen-bond acceptors (Lipinski definition) is 6. The van der Waals surface area contributed by atoms with Crippen LogP contribution in [-0.4, -0.2) is 70.5 Å². The molecule has 24 heavy (non-hydrogen) atoms. The molecule has 3 saturated heterocycles. The van der Waals surface area contributed by atoms with Gasteiger partial charge in [0.15, 0.2) is 0 Å². The molecule has 1 amide bonds. The van der Waals surface area contributed by atoms with Crippen LogP contribution in [0.2, 0.25) is 0 Å². The zero-order chi connectivity index (χ0) is 16.4. The maximum absolute atomic E-state index is 12.4. The fraction of sp³-hybridized carbons (Fsp3) is 0.706. The summed E-state index contributed by atoms with van der Waals surface area (Å²) in [6.45, 7) is 4.23. The highest BCUT2D eigenvalue weighted by Gasteiger charge is 2.51. The lowest BCUT2D eigenvalue weighted by Gasteiger charge is -2.47. The van der Waals surface area contributed by atoms with Crippen LogP contribution in [0.25, 0.3) is 0 Å². The molecule has 1 aromatic rings. The van der Waals surface area contributed by atoms with Crippen LogP contribution in [-0.2, 0) is 9.47 Å². The summed E-state index contributed by atoms with van der Waals surface area (Å²) < 4.78 is 11.8. The minimum absolute atomic E-state index is 0.0581. The summed E-state index contributed by atoms with van der Waals surface area (Å²) in [6, 6.07) is 1.72. The highest BCUT2D eigenvalue weighted by molar-refractivity contribution is 8.01. The predicted octanol–water partition coefficient (Wildman–Crippen LogP) is 1.62. The Kier molecular flexibility index (Phi) is 4.74. The number of hydrogen-bond donors (Lipinski definition) is 0. The first-order valence-electron chi connectivity index (χ1n) is 8.63. The lowest BCUT2D eigenvalue weighted by molar-refractivity contribution is -0.0118.